The molecule has 0 bridgehead atoms. The number of esters is 4. The summed E-state index contributed by atoms with van der Waals surface area (Å²) in [6.45, 7) is 14.3. The Morgan fingerprint density at radius 1 is 0.283 bits per heavy atom. The molecule has 0 aliphatic heterocycles. The van der Waals surface area contributed by atoms with Gasteiger partial charge in [-0.1, -0.05) is 357 Å². The minimum atomic E-state index is -4.96. The van der Waals surface area contributed by atoms with Gasteiger partial charge in [0.15, 0.2) is 12.2 Å². The van der Waals surface area contributed by atoms with Gasteiger partial charge in [-0.15, -0.1) is 0 Å². The van der Waals surface area contributed by atoms with Crippen LogP contribution in [-0.2, 0) is 65.4 Å². The zero-order valence-corrected chi connectivity index (χ0v) is 66.9. The first-order valence-corrected chi connectivity index (χ1v) is 44.2. The van der Waals surface area contributed by atoms with Crippen molar-refractivity contribution in [1.29, 1.82) is 0 Å². The van der Waals surface area contributed by atoms with Crippen LogP contribution >= 0.6 is 15.6 Å². The predicted molar refractivity (Wildman–Crippen MR) is 404 cm³/mol. The van der Waals surface area contributed by atoms with E-state index in [9.17, 15) is 43.2 Å². The maximum absolute atomic E-state index is 13.1. The van der Waals surface area contributed by atoms with E-state index in [0.29, 0.717) is 25.7 Å². The highest BCUT2D eigenvalue weighted by Crippen LogP contribution is 2.45. The van der Waals surface area contributed by atoms with Crippen molar-refractivity contribution in [3.8, 4) is 0 Å². The van der Waals surface area contributed by atoms with E-state index < -0.39 is 97.5 Å². The zero-order chi connectivity index (χ0) is 73.1. The van der Waals surface area contributed by atoms with Crippen molar-refractivity contribution in [2.24, 2.45) is 23.7 Å². The number of phosphoric acid groups is 2. The molecule has 3 N–H and O–H groups in total. The second-order valence-corrected chi connectivity index (χ2v) is 33.4. The van der Waals surface area contributed by atoms with Crippen molar-refractivity contribution in [2.45, 2.75) is 427 Å². The third-order valence-electron chi connectivity index (χ3n) is 18.9. The molecule has 17 nitrogen and oxygen atoms in total. The van der Waals surface area contributed by atoms with Crippen LogP contribution in [0.1, 0.15) is 409 Å². The van der Waals surface area contributed by atoms with E-state index in [0.717, 1.165) is 120 Å². The monoisotopic (exact) mass is 1450 g/mol. The number of aliphatic hydroxyl groups excluding tert-OH is 1. The third-order valence-corrected chi connectivity index (χ3v) is 20.8. The SMILES string of the molecule is CCC(C)CCCCCCCCC(=O)OC[C@H](COP(=O)(O)OC[C@H](O)COP(=O)(O)OC[C@@H](COC(=O)CCCCCCCCCCCCCCC(C)C)OC(=O)CCCCCCCCCCCCCCCCC(C)C)OC(=O)CCCCCCCCCCCCCCCCC(C)C. The highest BCUT2D eigenvalue weighted by Gasteiger charge is 2.30. The number of hydrogen-bond donors (Lipinski definition) is 3. The van der Waals surface area contributed by atoms with Crippen LogP contribution in [0.5, 0.6) is 0 Å². The molecule has 0 aromatic carbocycles. The molecule has 0 aromatic rings. The Hall–Kier alpha value is -1.94. The number of phosphoric ester groups is 2. The summed E-state index contributed by atoms with van der Waals surface area (Å²) < 4.78 is 68.7. The van der Waals surface area contributed by atoms with Gasteiger partial charge in [0.1, 0.15) is 19.3 Å². The van der Waals surface area contributed by atoms with Crippen LogP contribution in [0.15, 0.2) is 0 Å². The standard InChI is InChI=1S/C80H156O17P2/c1-9-73(8)59-51-43-38-39-45-53-61-78(83)91-67-76(97-80(85)63-55-47-37-31-25-17-13-11-15-21-27-33-41-49-57-71(4)5)69-95-99(88,89)93-65-74(81)64-92-98(86,87)94-68-75(66-90-77(82)60-52-44-35-29-23-19-18-22-28-34-42-50-58-72(6)7)96-79(84)62-54-46-36-30-24-16-12-10-14-20-26-32-40-48-56-70(2)3/h70-76,81H,9-69H2,1-8H3,(H,86,87)(H,88,89)/t73?,74-,75-,76-/m1/s1. The van der Waals surface area contributed by atoms with Gasteiger partial charge in [-0.25, -0.2) is 9.13 Å². The first-order valence-electron chi connectivity index (χ1n) is 41.2. The minimum absolute atomic E-state index is 0.106. The molecule has 588 valence electrons. The van der Waals surface area contributed by atoms with Gasteiger partial charge < -0.3 is 33.8 Å². The largest absolute Gasteiger partial charge is 0.472 e. The molecular formula is C80H156O17P2. The Labute approximate surface area is 607 Å². The zero-order valence-electron chi connectivity index (χ0n) is 65.1. The lowest BCUT2D eigenvalue weighted by Gasteiger charge is -2.21. The minimum Gasteiger partial charge on any atom is -0.462 e. The van der Waals surface area contributed by atoms with Crippen LogP contribution in [0.4, 0.5) is 0 Å². The van der Waals surface area contributed by atoms with Crippen molar-refractivity contribution < 1.29 is 80.2 Å². The summed E-state index contributed by atoms with van der Waals surface area (Å²) in [5.41, 5.74) is 0. The number of carbonyl (C=O) groups is 4. The number of aliphatic hydroxyl groups is 1. The maximum atomic E-state index is 13.1. The van der Waals surface area contributed by atoms with Gasteiger partial charge in [0.05, 0.1) is 26.4 Å². The number of unbranched alkanes of at least 4 members (excludes halogenated alkanes) is 42. The lowest BCUT2D eigenvalue weighted by Crippen LogP contribution is -2.30. The number of rotatable bonds is 77. The molecule has 0 aromatic heterocycles. The molecule has 0 amide bonds. The molecule has 0 radical (unpaired) electrons. The summed E-state index contributed by atoms with van der Waals surface area (Å²) in [6.07, 6.45) is 55.5. The molecule has 99 heavy (non-hydrogen) atoms. The average Bonchev–Trinajstić information content (AvgIpc) is 1.01. The highest BCUT2D eigenvalue weighted by molar-refractivity contribution is 7.47. The van der Waals surface area contributed by atoms with Gasteiger partial charge in [0.2, 0.25) is 0 Å². The van der Waals surface area contributed by atoms with Crippen LogP contribution in [0.2, 0.25) is 0 Å². The molecule has 6 atom stereocenters. The summed E-state index contributed by atoms with van der Waals surface area (Å²) in [5.74, 6) is 0.987. The lowest BCUT2D eigenvalue weighted by molar-refractivity contribution is -0.161. The Morgan fingerprint density at radius 2 is 0.485 bits per heavy atom. The van der Waals surface area contributed by atoms with Gasteiger partial charge in [0, 0.05) is 25.7 Å². The van der Waals surface area contributed by atoms with Gasteiger partial charge >= 0.3 is 39.5 Å². The second kappa shape index (κ2) is 69.1. The first-order chi connectivity index (χ1) is 47.6. The Balaban J connectivity index is 5.25. The van der Waals surface area contributed by atoms with Crippen LogP contribution < -0.4 is 0 Å². The van der Waals surface area contributed by atoms with Crippen LogP contribution in [0.25, 0.3) is 0 Å². The Kier molecular flexibility index (Phi) is 67.8. The van der Waals surface area contributed by atoms with E-state index in [4.69, 9.17) is 37.0 Å². The maximum Gasteiger partial charge on any atom is 0.472 e. The average molecular weight is 1450 g/mol. The first kappa shape index (κ1) is 97.1. The molecule has 3 unspecified atom stereocenters. The van der Waals surface area contributed by atoms with E-state index in [1.54, 1.807) is 0 Å². The summed E-state index contributed by atoms with van der Waals surface area (Å²) in [7, 11) is -9.92. The van der Waals surface area contributed by atoms with E-state index in [1.165, 1.54) is 205 Å². The normalized spacial score (nSPS) is 14.3. The molecular weight excluding hydrogens is 1290 g/mol. The van der Waals surface area contributed by atoms with Crippen molar-refractivity contribution in [1.82, 2.24) is 0 Å². The van der Waals surface area contributed by atoms with Crippen molar-refractivity contribution in [2.75, 3.05) is 39.6 Å². The van der Waals surface area contributed by atoms with Gasteiger partial charge in [0.25, 0.3) is 0 Å². The predicted octanol–water partition coefficient (Wildman–Crippen LogP) is 23.6. The summed E-state index contributed by atoms with van der Waals surface area (Å²) in [6, 6.07) is 0. The smallest absolute Gasteiger partial charge is 0.462 e. The topological polar surface area (TPSA) is 237 Å². The third kappa shape index (κ3) is 72.8. The van der Waals surface area contributed by atoms with Crippen molar-refractivity contribution >= 4 is 39.5 Å². The van der Waals surface area contributed by atoms with Gasteiger partial charge in [-0.2, -0.15) is 0 Å². The molecule has 0 saturated carbocycles. The summed E-state index contributed by atoms with van der Waals surface area (Å²) >= 11 is 0. The molecule has 0 spiro atoms. The Bertz CT molecular complexity index is 1940. The number of hydrogen-bond acceptors (Lipinski definition) is 15. The summed E-state index contributed by atoms with van der Waals surface area (Å²) in [5, 5.41) is 10.6. The quantitative estimate of drug-likeness (QED) is 0.0222. The lowest BCUT2D eigenvalue weighted by atomic mass is 10.00. The molecule has 19 heteroatoms. The molecule has 0 aliphatic carbocycles. The van der Waals surface area contributed by atoms with Crippen molar-refractivity contribution in [3.05, 3.63) is 0 Å². The molecule has 0 fully saturated rings. The Morgan fingerprint density at radius 3 is 0.717 bits per heavy atom. The van der Waals surface area contributed by atoms with E-state index in [2.05, 4.69) is 55.4 Å². The number of ether oxygens (including phenoxy) is 4. The molecule has 0 heterocycles. The van der Waals surface area contributed by atoms with Gasteiger partial charge in [-0.05, 0) is 49.4 Å². The highest BCUT2D eigenvalue weighted by atomic mass is 31.2. The summed E-state index contributed by atoms with van der Waals surface area (Å²) in [4.78, 5) is 73.0. The fourth-order valence-electron chi connectivity index (χ4n) is 12.2. The fraction of sp³-hybridized carbons (Fsp3) is 0.950. The molecule has 0 saturated heterocycles. The fourth-order valence-corrected chi connectivity index (χ4v) is 13.8. The van der Waals surface area contributed by atoms with Gasteiger partial charge in [-0.3, -0.25) is 37.3 Å². The van der Waals surface area contributed by atoms with E-state index >= 15 is 0 Å². The van der Waals surface area contributed by atoms with Crippen molar-refractivity contribution in [3.63, 3.8) is 0 Å². The van der Waals surface area contributed by atoms with Crippen LogP contribution in [0.3, 0.4) is 0 Å². The van der Waals surface area contributed by atoms with E-state index in [-0.39, 0.29) is 25.7 Å². The second-order valence-electron chi connectivity index (χ2n) is 30.5. The number of carbonyl (C=O) groups excluding carboxylic acids is 4. The molecule has 0 rings (SSSR count). The van der Waals surface area contributed by atoms with Crippen LogP contribution in [-0.4, -0.2) is 96.7 Å². The molecule has 0 aliphatic rings. The van der Waals surface area contributed by atoms with E-state index in [1.807, 2.05) is 0 Å². The van der Waals surface area contributed by atoms with Crippen LogP contribution in [0, 0.1) is 23.7 Å².